The van der Waals surface area contributed by atoms with E-state index in [1.807, 2.05) is 25.1 Å². The summed E-state index contributed by atoms with van der Waals surface area (Å²) >= 11 is 0. The van der Waals surface area contributed by atoms with Crippen LogP contribution in [0.25, 0.3) is 0 Å². The first kappa shape index (κ1) is 46.9. The minimum atomic E-state index is -0.440. The van der Waals surface area contributed by atoms with Crippen molar-refractivity contribution < 1.29 is 47.5 Å². The molecule has 4 aromatic carbocycles. The molecule has 0 unspecified atom stereocenters. The zero-order valence-corrected chi connectivity index (χ0v) is 34.8. The molecule has 16 heteroatoms. The summed E-state index contributed by atoms with van der Waals surface area (Å²) in [6.07, 6.45) is 5.01. The second-order valence-corrected chi connectivity index (χ2v) is 12.9. The van der Waals surface area contributed by atoms with Crippen LogP contribution in [0.1, 0.15) is 31.2 Å². The number of benzene rings is 4. The van der Waals surface area contributed by atoms with Gasteiger partial charge in [-0.1, -0.05) is 13.2 Å². The second-order valence-electron chi connectivity index (χ2n) is 12.9. The molecule has 0 fully saturated rings. The number of carbonyl (C=O) groups is 2. The van der Waals surface area contributed by atoms with Crippen molar-refractivity contribution in [2.45, 2.75) is 32.6 Å². The van der Waals surface area contributed by atoms with Crippen molar-refractivity contribution >= 4 is 46.1 Å². The molecule has 0 amide bonds. The van der Waals surface area contributed by atoms with E-state index in [1.165, 1.54) is 0 Å². The number of rotatable bonds is 28. The van der Waals surface area contributed by atoms with Crippen LogP contribution in [0.15, 0.2) is 135 Å². The number of unbranched alkanes of at least 4 members (excludes halogenated alkanes) is 2. The number of hydrogen-bond acceptors (Lipinski definition) is 16. The van der Waals surface area contributed by atoms with Crippen LogP contribution in [0, 0.1) is 6.92 Å². The number of hydrogen-bond donors (Lipinski definition) is 0. The van der Waals surface area contributed by atoms with Gasteiger partial charge in [-0.05, 0) is 105 Å². The zero-order valence-electron chi connectivity index (χ0n) is 34.8. The van der Waals surface area contributed by atoms with E-state index in [0.717, 1.165) is 17.7 Å². The van der Waals surface area contributed by atoms with Crippen LogP contribution in [0.3, 0.4) is 0 Å². The van der Waals surface area contributed by atoms with Crippen molar-refractivity contribution in [2.75, 3.05) is 67.1 Å². The molecule has 4 rings (SSSR count). The van der Waals surface area contributed by atoms with Crippen molar-refractivity contribution in [3.05, 3.63) is 110 Å². The number of nitrogens with zero attached hydrogens (tertiary/aromatic N) is 6. The second kappa shape index (κ2) is 27.1. The van der Waals surface area contributed by atoms with Gasteiger partial charge in [0.15, 0.2) is 11.5 Å². The lowest BCUT2D eigenvalue weighted by Gasteiger charge is -2.11. The Morgan fingerprint density at radius 2 is 0.885 bits per heavy atom. The van der Waals surface area contributed by atoms with Gasteiger partial charge in [-0.25, -0.2) is 9.59 Å². The molecule has 0 aliphatic heterocycles. The Bertz CT molecular complexity index is 2110. The molecule has 322 valence electrons. The smallest absolute Gasteiger partial charge is 0.330 e. The topological polar surface area (TPSA) is 182 Å². The summed E-state index contributed by atoms with van der Waals surface area (Å²) in [6.45, 7) is 11.6. The molecule has 0 N–H and O–H groups in total. The summed E-state index contributed by atoms with van der Waals surface area (Å²) in [7, 11) is 3.20. The Labute approximate surface area is 355 Å². The van der Waals surface area contributed by atoms with Gasteiger partial charge >= 0.3 is 11.9 Å². The summed E-state index contributed by atoms with van der Waals surface area (Å²) in [5, 5.41) is 26.5. The Morgan fingerprint density at radius 3 is 1.33 bits per heavy atom. The molecule has 0 aliphatic carbocycles. The molecule has 61 heavy (non-hydrogen) atoms. The Hall–Kier alpha value is -6.78. The fraction of sp³-hybridized carbons (Fsp3) is 0.333. The summed E-state index contributed by atoms with van der Waals surface area (Å²) in [5.41, 5.74) is 4.45. The van der Waals surface area contributed by atoms with Crippen LogP contribution in [0.2, 0.25) is 0 Å². The van der Waals surface area contributed by atoms with Crippen LogP contribution >= 0.6 is 0 Å². The van der Waals surface area contributed by atoms with Crippen molar-refractivity contribution in [2.24, 2.45) is 30.7 Å². The molecule has 0 heterocycles. The van der Waals surface area contributed by atoms with Gasteiger partial charge in [0.25, 0.3) is 0 Å². The number of methoxy groups -OCH3 is 2. The Balaban J connectivity index is 1.33. The average molecular weight is 837 g/mol. The molecule has 0 bridgehead atoms. The molecule has 16 nitrogen and oxygen atoms in total. The lowest BCUT2D eigenvalue weighted by atomic mass is 10.2. The minimum absolute atomic E-state index is 0.304. The minimum Gasteiger partial charge on any atom is -0.493 e. The number of ether oxygens (including phenoxy) is 8. The van der Waals surface area contributed by atoms with Gasteiger partial charge in [-0.3, -0.25) is 0 Å². The molecular weight excluding hydrogens is 785 g/mol. The van der Waals surface area contributed by atoms with Gasteiger partial charge in [0.2, 0.25) is 0 Å². The van der Waals surface area contributed by atoms with Crippen molar-refractivity contribution in [1.29, 1.82) is 0 Å². The van der Waals surface area contributed by atoms with E-state index >= 15 is 0 Å². The van der Waals surface area contributed by atoms with Crippen LogP contribution in [-0.2, 0) is 28.5 Å². The number of carbonyl (C=O) groups excluding carboxylic acids is 2. The number of azo groups is 3. The lowest BCUT2D eigenvalue weighted by molar-refractivity contribution is -0.138. The van der Waals surface area contributed by atoms with Crippen LogP contribution in [-0.4, -0.2) is 79.0 Å². The van der Waals surface area contributed by atoms with Crippen molar-refractivity contribution in [3.63, 3.8) is 0 Å². The molecule has 0 aromatic heterocycles. The highest BCUT2D eigenvalue weighted by atomic mass is 16.5. The van der Waals surface area contributed by atoms with E-state index in [2.05, 4.69) is 43.8 Å². The summed E-state index contributed by atoms with van der Waals surface area (Å²) in [5.74, 6) is 1.34. The van der Waals surface area contributed by atoms with Gasteiger partial charge < -0.3 is 37.9 Å². The fourth-order valence-electron chi connectivity index (χ4n) is 5.02. The standard InChI is InChI=1S/C45H52N6O10/c1-6-44(52)60-24-10-8-22-56-37-17-20-40(42(31-37)58-28-26-54-4)50-47-35-14-12-34(13-15-35)46-49-39-19-16-36(30-33(39)3)48-51-41-21-18-38(32-43(41)59-29-27-55-5)57-23-9-11-25-61-45(53)7-2/h6-7,12-21,30-32H,1-2,8-11,22-29H2,3-5H3. The zero-order chi connectivity index (χ0) is 43.5. The van der Waals surface area contributed by atoms with Gasteiger partial charge in [0.1, 0.15) is 36.1 Å². The molecule has 4 aromatic rings. The van der Waals surface area contributed by atoms with E-state index in [1.54, 1.807) is 74.9 Å². The number of aryl methyl sites for hydroxylation is 1. The van der Waals surface area contributed by atoms with Crippen LogP contribution in [0.5, 0.6) is 23.0 Å². The maximum absolute atomic E-state index is 11.2. The lowest BCUT2D eigenvalue weighted by Crippen LogP contribution is -2.05. The molecule has 0 saturated heterocycles. The molecule has 0 aliphatic rings. The van der Waals surface area contributed by atoms with E-state index < -0.39 is 11.9 Å². The Morgan fingerprint density at radius 1 is 0.475 bits per heavy atom. The van der Waals surface area contributed by atoms with Crippen LogP contribution in [0.4, 0.5) is 34.1 Å². The molecule has 0 radical (unpaired) electrons. The monoisotopic (exact) mass is 836 g/mol. The van der Waals surface area contributed by atoms with E-state index in [0.29, 0.717) is 136 Å². The predicted molar refractivity (Wildman–Crippen MR) is 230 cm³/mol. The predicted octanol–water partition coefficient (Wildman–Crippen LogP) is 11.1. The third-order valence-electron chi connectivity index (χ3n) is 8.24. The molecule has 0 spiro atoms. The van der Waals surface area contributed by atoms with Gasteiger partial charge in [0, 0.05) is 38.5 Å². The van der Waals surface area contributed by atoms with Crippen molar-refractivity contribution in [3.8, 4) is 23.0 Å². The van der Waals surface area contributed by atoms with Gasteiger partial charge in [-0.2, -0.15) is 20.5 Å². The maximum atomic E-state index is 11.2. The highest BCUT2D eigenvalue weighted by Crippen LogP contribution is 2.36. The van der Waals surface area contributed by atoms with E-state index in [4.69, 9.17) is 37.9 Å². The maximum Gasteiger partial charge on any atom is 0.330 e. The molecular formula is C45H52N6O10. The first-order valence-corrected chi connectivity index (χ1v) is 19.6. The SMILES string of the molecule is C=CC(=O)OCCCCOc1ccc(N=Nc2ccc(N=Nc3ccc(N=Nc4ccc(OCCCCOC(=O)C=C)cc4OCCOC)cc3C)cc2)c(OCCOC)c1. The highest BCUT2D eigenvalue weighted by Gasteiger charge is 2.10. The molecule has 0 saturated carbocycles. The first-order chi connectivity index (χ1) is 29.8. The van der Waals surface area contributed by atoms with E-state index in [9.17, 15) is 9.59 Å². The summed E-state index contributed by atoms with van der Waals surface area (Å²) in [4.78, 5) is 22.4. The fourth-order valence-corrected chi connectivity index (χ4v) is 5.02. The largest absolute Gasteiger partial charge is 0.493 e. The number of esters is 2. The highest BCUT2D eigenvalue weighted by molar-refractivity contribution is 5.81. The summed E-state index contributed by atoms with van der Waals surface area (Å²) in [6, 6.07) is 23.3. The average Bonchev–Trinajstić information content (AvgIpc) is 3.28. The quantitative estimate of drug-likeness (QED) is 0.0231. The van der Waals surface area contributed by atoms with E-state index in [-0.39, 0.29) is 0 Å². The molecule has 0 atom stereocenters. The normalized spacial score (nSPS) is 11.2. The summed E-state index contributed by atoms with van der Waals surface area (Å²) < 4.78 is 43.8. The van der Waals surface area contributed by atoms with Crippen molar-refractivity contribution in [1.82, 2.24) is 0 Å². The van der Waals surface area contributed by atoms with Gasteiger partial charge in [0.05, 0.1) is 62.4 Å². The Kier molecular flexibility index (Phi) is 20.8. The van der Waals surface area contributed by atoms with Crippen LogP contribution < -0.4 is 18.9 Å². The third-order valence-corrected chi connectivity index (χ3v) is 8.24. The van der Waals surface area contributed by atoms with Gasteiger partial charge in [-0.15, -0.1) is 10.2 Å². The third kappa shape index (κ3) is 17.5. The first-order valence-electron chi connectivity index (χ1n) is 19.6.